The number of fused-ring (bicyclic) bond motifs is 1. The number of aromatic nitrogens is 1. The molecule has 1 N–H and O–H groups in total. The number of ether oxygens (including phenoxy) is 1. The van der Waals surface area contributed by atoms with Gasteiger partial charge in [0.05, 0.1) is 23.3 Å². The number of rotatable bonds is 3. The van der Waals surface area contributed by atoms with Gasteiger partial charge in [0.15, 0.2) is 0 Å². The molecule has 0 aliphatic heterocycles. The summed E-state index contributed by atoms with van der Waals surface area (Å²) in [6.07, 6.45) is 0. The summed E-state index contributed by atoms with van der Waals surface area (Å²) in [6.45, 7) is 0. The van der Waals surface area contributed by atoms with E-state index in [1.54, 1.807) is 24.3 Å². The monoisotopic (exact) mass is 335 g/mol. The normalized spacial score (nSPS) is 10.2. The summed E-state index contributed by atoms with van der Waals surface area (Å²) in [6, 6.07) is 26.7. The molecule has 0 amide bonds. The molecule has 4 rings (SSSR count). The van der Waals surface area contributed by atoms with Crippen LogP contribution in [0.15, 0.2) is 72.8 Å². The Bertz CT molecular complexity index is 1160. The quantitative estimate of drug-likeness (QED) is 0.547. The molecule has 0 fully saturated rings. The Balaban J connectivity index is 1.57. The second-order valence-corrected chi connectivity index (χ2v) is 5.86. The smallest absolute Gasteiger partial charge is 0.127 e. The van der Waals surface area contributed by atoms with Gasteiger partial charge in [0.2, 0.25) is 0 Å². The maximum Gasteiger partial charge on any atom is 0.127 e. The van der Waals surface area contributed by atoms with Crippen molar-refractivity contribution in [2.75, 3.05) is 0 Å². The fraction of sp³-hybridized carbons (Fsp3) is 0. The summed E-state index contributed by atoms with van der Waals surface area (Å²) in [7, 11) is 0. The van der Waals surface area contributed by atoms with E-state index in [-0.39, 0.29) is 0 Å². The SMILES string of the molecule is N#Cc1ccc(Oc2ccc(-c3cc4ccc(C#N)cc4[nH]3)cc2)cc1. The summed E-state index contributed by atoms with van der Waals surface area (Å²) >= 11 is 0. The first-order valence-corrected chi connectivity index (χ1v) is 8.06. The van der Waals surface area contributed by atoms with Crippen LogP contribution in [0.5, 0.6) is 11.5 Å². The molecule has 26 heavy (non-hydrogen) atoms. The third-order valence-corrected chi connectivity index (χ3v) is 4.14. The van der Waals surface area contributed by atoms with E-state index in [2.05, 4.69) is 23.2 Å². The topological polar surface area (TPSA) is 72.6 Å². The minimum absolute atomic E-state index is 0.603. The average Bonchev–Trinajstić information content (AvgIpc) is 3.12. The van der Waals surface area contributed by atoms with Gasteiger partial charge in [-0.2, -0.15) is 10.5 Å². The van der Waals surface area contributed by atoms with Crippen molar-refractivity contribution in [2.24, 2.45) is 0 Å². The van der Waals surface area contributed by atoms with E-state index in [0.717, 1.165) is 27.9 Å². The molecule has 3 aromatic carbocycles. The fourth-order valence-corrected chi connectivity index (χ4v) is 2.79. The molecule has 0 bridgehead atoms. The van der Waals surface area contributed by atoms with E-state index in [4.69, 9.17) is 15.3 Å². The maximum atomic E-state index is 9.01. The Morgan fingerprint density at radius 2 is 1.31 bits per heavy atom. The average molecular weight is 335 g/mol. The van der Waals surface area contributed by atoms with Crippen molar-refractivity contribution < 1.29 is 4.74 Å². The lowest BCUT2D eigenvalue weighted by Gasteiger charge is -2.06. The van der Waals surface area contributed by atoms with Crippen LogP contribution in [0.3, 0.4) is 0 Å². The number of hydrogen-bond donors (Lipinski definition) is 1. The van der Waals surface area contributed by atoms with Crippen molar-refractivity contribution in [3.63, 3.8) is 0 Å². The van der Waals surface area contributed by atoms with Crippen LogP contribution in [0.4, 0.5) is 0 Å². The third-order valence-electron chi connectivity index (χ3n) is 4.14. The molecule has 0 saturated heterocycles. The molecule has 0 aliphatic carbocycles. The number of H-pyrrole nitrogens is 1. The lowest BCUT2D eigenvalue weighted by Crippen LogP contribution is -1.85. The van der Waals surface area contributed by atoms with Gasteiger partial charge >= 0.3 is 0 Å². The van der Waals surface area contributed by atoms with Crippen LogP contribution in [-0.4, -0.2) is 4.98 Å². The van der Waals surface area contributed by atoms with Crippen molar-refractivity contribution >= 4 is 10.9 Å². The Morgan fingerprint density at radius 3 is 1.96 bits per heavy atom. The molecule has 4 nitrogen and oxygen atoms in total. The molecule has 0 aliphatic rings. The highest BCUT2D eigenvalue weighted by atomic mass is 16.5. The van der Waals surface area contributed by atoms with Crippen LogP contribution in [0.25, 0.3) is 22.2 Å². The van der Waals surface area contributed by atoms with E-state index >= 15 is 0 Å². The molecule has 4 aromatic rings. The highest BCUT2D eigenvalue weighted by Gasteiger charge is 2.05. The van der Waals surface area contributed by atoms with Gasteiger partial charge < -0.3 is 9.72 Å². The number of nitriles is 2. The van der Waals surface area contributed by atoms with Crippen molar-refractivity contribution in [2.45, 2.75) is 0 Å². The molecule has 0 unspecified atom stereocenters. The molecule has 122 valence electrons. The zero-order valence-corrected chi connectivity index (χ0v) is 13.7. The number of aromatic amines is 1. The van der Waals surface area contributed by atoms with Crippen LogP contribution >= 0.6 is 0 Å². The molecule has 0 saturated carbocycles. The fourth-order valence-electron chi connectivity index (χ4n) is 2.79. The summed E-state index contributed by atoms with van der Waals surface area (Å²) in [4.78, 5) is 3.35. The molecular formula is C22H13N3O. The highest BCUT2D eigenvalue weighted by molar-refractivity contribution is 5.86. The van der Waals surface area contributed by atoms with E-state index in [1.807, 2.05) is 42.5 Å². The lowest BCUT2D eigenvalue weighted by molar-refractivity contribution is 0.482. The van der Waals surface area contributed by atoms with Gasteiger partial charge in [0.1, 0.15) is 11.5 Å². The van der Waals surface area contributed by atoms with E-state index in [1.165, 1.54) is 0 Å². The number of benzene rings is 3. The van der Waals surface area contributed by atoms with Crippen LogP contribution in [0.2, 0.25) is 0 Å². The Hall–Kier alpha value is -4.02. The maximum absolute atomic E-state index is 9.01. The first-order valence-electron chi connectivity index (χ1n) is 8.06. The van der Waals surface area contributed by atoms with Gasteiger partial charge in [-0.25, -0.2) is 0 Å². The molecule has 1 aromatic heterocycles. The standard InChI is InChI=1S/C22H13N3O/c23-13-15-2-7-19(8-3-15)26-20-9-5-17(6-10-20)22-12-18-4-1-16(14-24)11-21(18)25-22/h1-12,25H. The van der Waals surface area contributed by atoms with Crippen LogP contribution in [0, 0.1) is 22.7 Å². The van der Waals surface area contributed by atoms with Gasteiger partial charge in [0.25, 0.3) is 0 Å². The third kappa shape index (κ3) is 3.00. The van der Waals surface area contributed by atoms with Crippen molar-refractivity contribution in [3.8, 4) is 34.9 Å². The zero-order valence-electron chi connectivity index (χ0n) is 13.7. The largest absolute Gasteiger partial charge is 0.457 e. The Kier molecular flexibility index (Phi) is 3.86. The second kappa shape index (κ2) is 6.47. The summed E-state index contributed by atoms with van der Waals surface area (Å²) < 4.78 is 5.80. The van der Waals surface area contributed by atoms with Crippen LogP contribution in [0.1, 0.15) is 11.1 Å². The van der Waals surface area contributed by atoms with Crippen LogP contribution in [-0.2, 0) is 0 Å². The highest BCUT2D eigenvalue weighted by Crippen LogP contribution is 2.28. The first-order chi connectivity index (χ1) is 12.7. The number of nitrogens with zero attached hydrogens (tertiary/aromatic N) is 2. The van der Waals surface area contributed by atoms with Crippen molar-refractivity contribution in [1.29, 1.82) is 10.5 Å². The van der Waals surface area contributed by atoms with Crippen molar-refractivity contribution in [3.05, 3.63) is 83.9 Å². The first kappa shape index (κ1) is 15.5. The molecule has 1 heterocycles. The molecular weight excluding hydrogens is 322 g/mol. The van der Waals surface area contributed by atoms with E-state index in [0.29, 0.717) is 16.9 Å². The summed E-state index contributed by atoms with van der Waals surface area (Å²) in [5.41, 5.74) is 4.20. The van der Waals surface area contributed by atoms with E-state index in [9.17, 15) is 0 Å². The second-order valence-electron chi connectivity index (χ2n) is 5.86. The molecule has 4 heteroatoms. The molecule has 0 radical (unpaired) electrons. The number of nitrogens with one attached hydrogen (secondary N) is 1. The Morgan fingerprint density at radius 1 is 0.692 bits per heavy atom. The van der Waals surface area contributed by atoms with Crippen LogP contribution < -0.4 is 4.74 Å². The minimum atomic E-state index is 0.603. The lowest BCUT2D eigenvalue weighted by atomic mass is 10.1. The zero-order chi connectivity index (χ0) is 17.9. The van der Waals surface area contributed by atoms with E-state index < -0.39 is 0 Å². The van der Waals surface area contributed by atoms with Gasteiger partial charge in [-0.3, -0.25) is 0 Å². The predicted octanol–water partition coefficient (Wildman–Crippen LogP) is 5.37. The summed E-state index contributed by atoms with van der Waals surface area (Å²) in [5.74, 6) is 1.41. The molecule has 0 spiro atoms. The minimum Gasteiger partial charge on any atom is -0.457 e. The summed E-state index contributed by atoms with van der Waals surface area (Å²) in [5, 5.41) is 18.9. The molecule has 0 atom stereocenters. The van der Waals surface area contributed by atoms with Gasteiger partial charge in [-0.15, -0.1) is 0 Å². The predicted molar refractivity (Wildman–Crippen MR) is 99.7 cm³/mol. The van der Waals surface area contributed by atoms with Gasteiger partial charge in [-0.1, -0.05) is 6.07 Å². The Labute approximate surface area is 150 Å². The van der Waals surface area contributed by atoms with Gasteiger partial charge in [0, 0.05) is 16.6 Å². The van der Waals surface area contributed by atoms with Gasteiger partial charge in [-0.05, 0) is 72.3 Å². The van der Waals surface area contributed by atoms with Crippen molar-refractivity contribution in [1.82, 2.24) is 4.98 Å². The number of hydrogen-bond acceptors (Lipinski definition) is 3.